The van der Waals surface area contributed by atoms with E-state index in [1.807, 2.05) is 0 Å². The minimum absolute atomic E-state index is 0.0211. The van der Waals surface area contributed by atoms with E-state index in [4.69, 9.17) is 5.11 Å². The number of aliphatic hydroxyl groups excluding tert-OH is 1. The first kappa shape index (κ1) is 12.7. The van der Waals surface area contributed by atoms with Gasteiger partial charge in [-0.25, -0.2) is 0 Å². The monoisotopic (exact) mass is 245 g/mol. The van der Waals surface area contributed by atoms with Crippen LogP contribution in [0.5, 0.6) is 0 Å². The highest BCUT2D eigenvalue weighted by molar-refractivity contribution is 8.13. The molecule has 88 valence electrons. The molecule has 1 aromatic rings. The number of carbonyl (C=O) groups excluding carboxylic acids is 1. The van der Waals surface area contributed by atoms with E-state index in [0.717, 1.165) is 11.8 Å². The van der Waals surface area contributed by atoms with Gasteiger partial charge in [0.25, 0.3) is 0 Å². The molecule has 0 spiro atoms. The van der Waals surface area contributed by atoms with E-state index in [2.05, 4.69) is 5.10 Å². The van der Waals surface area contributed by atoms with Crippen LogP contribution in [0.1, 0.15) is 12.6 Å². The molecule has 1 rings (SSSR count). The fourth-order valence-electron chi connectivity index (χ4n) is 1.13. The van der Waals surface area contributed by atoms with Crippen molar-refractivity contribution in [3.63, 3.8) is 0 Å². The van der Waals surface area contributed by atoms with E-state index in [1.165, 1.54) is 17.7 Å². The Morgan fingerprint density at radius 1 is 1.75 bits per heavy atom. The smallest absolute Gasteiger partial charge is 0.390 e. The van der Waals surface area contributed by atoms with Gasteiger partial charge in [0.1, 0.15) is 0 Å². The predicted octanol–water partition coefficient (Wildman–Crippen LogP) is 0.563. The largest absolute Gasteiger partial charge is 0.390 e. The first-order valence-electron chi connectivity index (χ1n) is 4.50. The second kappa shape index (κ2) is 5.61. The number of aliphatic hydroxyl groups is 1. The van der Waals surface area contributed by atoms with Crippen LogP contribution in [0.15, 0.2) is 6.07 Å². The molecule has 0 bridgehead atoms. The van der Waals surface area contributed by atoms with Crippen molar-refractivity contribution in [2.24, 2.45) is 0 Å². The van der Waals surface area contributed by atoms with Gasteiger partial charge in [-0.05, 0) is 4.92 Å². The lowest BCUT2D eigenvalue weighted by molar-refractivity contribution is -0.389. The maximum Gasteiger partial charge on any atom is 0.390 e. The molecule has 0 saturated carbocycles. The van der Waals surface area contributed by atoms with Crippen molar-refractivity contribution in [2.45, 2.75) is 20.1 Å². The second-order valence-electron chi connectivity index (χ2n) is 2.97. The SMILES string of the molecule is CC(=O)SCCn1nc([N+](=O)[O-])cc1CO. The van der Waals surface area contributed by atoms with E-state index in [-0.39, 0.29) is 17.5 Å². The third kappa shape index (κ3) is 3.31. The highest BCUT2D eigenvalue weighted by Gasteiger charge is 2.17. The average molecular weight is 245 g/mol. The quantitative estimate of drug-likeness (QED) is 0.601. The summed E-state index contributed by atoms with van der Waals surface area (Å²) in [5.41, 5.74) is 0.371. The molecule has 0 aliphatic heterocycles. The molecule has 0 radical (unpaired) electrons. The Bertz CT molecular complexity index is 404. The predicted molar refractivity (Wildman–Crippen MR) is 57.9 cm³/mol. The van der Waals surface area contributed by atoms with Crippen LogP contribution in [0.3, 0.4) is 0 Å². The molecule has 1 N–H and O–H groups in total. The fourth-order valence-corrected chi connectivity index (χ4v) is 1.68. The molecule has 0 amide bonds. The van der Waals surface area contributed by atoms with Gasteiger partial charge in [0, 0.05) is 12.7 Å². The fraction of sp³-hybridized carbons (Fsp3) is 0.500. The van der Waals surface area contributed by atoms with Crippen molar-refractivity contribution in [3.8, 4) is 0 Å². The Morgan fingerprint density at radius 3 is 2.94 bits per heavy atom. The third-order valence-electron chi connectivity index (χ3n) is 1.81. The lowest BCUT2D eigenvalue weighted by Crippen LogP contribution is -2.08. The van der Waals surface area contributed by atoms with Crippen LogP contribution >= 0.6 is 11.8 Å². The van der Waals surface area contributed by atoms with E-state index in [1.54, 1.807) is 0 Å². The Labute approximate surface area is 95.6 Å². The molecular formula is C8H11N3O4S. The number of nitrogens with zero attached hydrogens (tertiary/aromatic N) is 3. The van der Waals surface area contributed by atoms with E-state index < -0.39 is 4.92 Å². The molecule has 1 aromatic heterocycles. The van der Waals surface area contributed by atoms with Crippen LogP contribution in [0.4, 0.5) is 5.82 Å². The van der Waals surface area contributed by atoms with Crippen LogP contribution in [0.25, 0.3) is 0 Å². The molecule has 7 nitrogen and oxygen atoms in total. The van der Waals surface area contributed by atoms with Gasteiger partial charge in [0.2, 0.25) is 0 Å². The summed E-state index contributed by atoms with van der Waals surface area (Å²) in [5.74, 6) is 0.179. The van der Waals surface area contributed by atoms with Crippen molar-refractivity contribution in [2.75, 3.05) is 5.75 Å². The molecule has 8 heteroatoms. The number of nitro groups is 1. The maximum absolute atomic E-state index is 10.7. The van der Waals surface area contributed by atoms with Crippen LogP contribution in [0, 0.1) is 10.1 Å². The summed E-state index contributed by atoms with van der Waals surface area (Å²) in [5, 5.41) is 23.1. The molecule has 0 fully saturated rings. The van der Waals surface area contributed by atoms with E-state index >= 15 is 0 Å². The zero-order valence-corrected chi connectivity index (χ0v) is 9.44. The van der Waals surface area contributed by atoms with Crippen molar-refractivity contribution < 1.29 is 14.8 Å². The van der Waals surface area contributed by atoms with E-state index in [9.17, 15) is 14.9 Å². The molecule has 0 saturated heterocycles. The normalized spacial score (nSPS) is 10.4. The van der Waals surface area contributed by atoms with Gasteiger partial charge in [0.05, 0.1) is 30.0 Å². The lowest BCUT2D eigenvalue weighted by Gasteiger charge is -1.98. The number of carbonyl (C=O) groups is 1. The molecule has 0 atom stereocenters. The summed E-state index contributed by atoms with van der Waals surface area (Å²) in [6.07, 6.45) is 0. The lowest BCUT2D eigenvalue weighted by atomic mass is 10.4. The number of aryl methyl sites for hydroxylation is 1. The van der Waals surface area contributed by atoms with Crippen LogP contribution in [-0.4, -0.2) is 30.7 Å². The van der Waals surface area contributed by atoms with Crippen molar-refractivity contribution in [1.29, 1.82) is 0 Å². The van der Waals surface area contributed by atoms with Crippen LogP contribution in [-0.2, 0) is 17.9 Å². The minimum atomic E-state index is -0.617. The summed E-state index contributed by atoms with van der Waals surface area (Å²) in [6, 6.07) is 1.22. The highest BCUT2D eigenvalue weighted by Crippen LogP contribution is 2.13. The maximum atomic E-state index is 10.7. The first-order valence-corrected chi connectivity index (χ1v) is 5.48. The summed E-state index contributed by atoms with van der Waals surface area (Å²) in [4.78, 5) is 20.5. The van der Waals surface area contributed by atoms with Crippen molar-refractivity contribution in [3.05, 3.63) is 21.9 Å². The highest BCUT2D eigenvalue weighted by atomic mass is 32.2. The first-order chi connectivity index (χ1) is 7.54. The average Bonchev–Trinajstić information content (AvgIpc) is 2.60. The number of hydrogen-bond acceptors (Lipinski definition) is 6. The number of thioether (sulfide) groups is 1. The van der Waals surface area contributed by atoms with Gasteiger partial charge in [-0.1, -0.05) is 11.8 Å². The van der Waals surface area contributed by atoms with Gasteiger partial charge < -0.3 is 15.2 Å². The van der Waals surface area contributed by atoms with Gasteiger partial charge >= 0.3 is 5.82 Å². The molecular weight excluding hydrogens is 234 g/mol. The Hall–Kier alpha value is -1.41. The summed E-state index contributed by atoms with van der Waals surface area (Å²) in [6.45, 7) is 1.49. The molecule has 16 heavy (non-hydrogen) atoms. The second-order valence-corrected chi connectivity index (χ2v) is 4.24. The minimum Gasteiger partial charge on any atom is -0.390 e. The Balaban J connectivity index is 2.70. The van der Waals surface area contributed by atoms with E-state index in [0.29, 0.717) is 18.0 Å². The molecule has 0 unspecified atom stereocenters. The van der Waals surface area contributed by atoms with Gasteiger partial charge in [-0.2, -0.15) is 4.68 Å². The van der Waals surface area contributed by atoms with Crippen molar-refractivity contribution >= 4 is 22.7 Å². The van der Waals surface area contributed by atoms with Crippen LogP contribution in [0.2, 0.25) is 0 Å². The van der Waals surface area contributed by atoms with Crippen LogP contribution < -0.4 is 0 Å². The molecule has 1 heterocycles. The summed E-state index contributed by atoms with van der Waals surface area (Å²) >= 11 is 1.11. The molecule has 0 aliphatic carbocycles. The number of rotatable bonds is 5. The molecule has 0 aromatic carbocycles. The number of aromatic nitrogens is 2. The summed E-state index contributed by atoms with van der Waals surface area (Å²) < 4.78 is 1.34. The Morgan fingerprint density at radius 2 is 2.44 bits per heavy atom. The zero-order chi connectivity index (χ0) is 12.1. The van der Waals surface area contributed by atoms with Gasteiger partial charge in [0.15, 0.2) is 5.12 Å². The van der Waals surface area contributed by atoms with Gasteiger partial charge in [-0.3, -0.25) is 4.79 Å². The topological polar surface area (TPSA) is 98.3 Å². The summed E-state index contributed by atoms with van der Waals surface area (Å²) in [7, 11) is 0. The van der Waals surface area contributed by atoms with Crippen molar-refractivity contribution in [1.82, 2.24) is 9.78 Å². The zero-order valence-electron chi connectivity index (χ0n) is 8.62. The standard InChI is InChI=1S/C8H11N3O4S/c1-6(13)16-3-2-10-7(5-12)4-8(9-10)11(14)15/h4,12H,2-3,5H2,1H3. The third-order valence-corrected chi connectivity index (χ3v) is 2.60. The molecule has 0 aliphatic rings. The number of hydrogen-bond donors (Lipinski definition) is 1. The van der Waals surface area contributed by atoms with Gasteiger partial charge in [-0.15, -0.1) is 0 Å². The Kier molecular flexibility index (Phi) is 4.44.